The van der Waals surface area contributed by atoms with Crippen molar-refractivity contribution in [3.63, 3.8) is 0 Å². The summed E-state index contributed by atoms with van der Waals surface area (Å²) >= 11 is 0. The Hall–Kier alpha value is -2.41. The molecule has 0 unspecified atom stereocenters. The fourth-order valence-electron chi connectivity index (χ4n) is 2.93. The van der Waals surface area contributed by atoms with Crippen molar-refractivity contribution in [3.05, 3.63) is 29.5 Å². The van der Waals surface area contributed by atoms with Crippen LogP contribution in [0.4, 0.5) is 5.69 Å². The summed E-state index contributed by atoms with van der Waals surface area (Å²) in [6.07, 6.45) is 2.44. The van der Waals surface area contributed by atoms with E-state index in [0.29, 0.717) is 17.9 Å². The van der Waals surface area contributed by atoms with Gasteiger partial charge in [0.1, 0.15) is 5.69 Å². The highest BCUT2D eigenvalue weighted by Gasteiger charge is 2.21. The van der Waals surface area contributed by atoms with Crippen LogP contribution in [0.15, 0.2) is 18.2 Å². The maximum atomic E-state index is 11.5. The number of carboxylic acids is 1. The largest absolute Gasteiger partial charge is 0.476 e. The monoisotopic (exact) mass is 315 g/mol. The van der Waals surface area contributed by atoms with Crippen molar-refractivity contribution in [1.82, 2.24) is 19.9 Å². The third-order valence-corrected chi connectivity index (χ3v) is 4.32. The standard InChI is InChI=1S/C16H21N5O2/c1-11-4-5-12(10-13(11)17)15-14(16(22)23)18-19-21(15)9-8-20-6-2-3-7-20/h4-5,10H,2-3,6-9,17H2,1H3,(H,22,23). The number of aryl methyl sites for hydroxylation is 1. The van der Waals surface area contributed by atoms with Gasteiger partial charge in [0.15, 0.2) is 5.69 Å². The van der Waals surface area contributed by atoms with Crippen molar-refractivity contribution in [3.8, 4) is 11.3 Å². The number of anilines is 1. The Morgan fingerprint density at radius 1 is 1.30 bits per heavy atom. The molecule has 7 nitrogen and oxygen atoms in total. The van der Waals surface area contributed by atoms with E-state index in [1.807, 2.05) is 19.1 Å². The summed E-state index contributed by atoms with van der Waals surface area (Å²) in [5.74, 6) is -1.08. The van der Waals surface area contributed by atoms with Crippen molar-refractivity contribution in [2.45, 2.75) is 26.3 Å². The summed E-state index contributed by atoms with van der Waals surface area (Å²) < 4.78 is 1.67. The van der Waals surface area contributed by atoms with Crippen molar-refractivity contribution in [1.29, 1.82) is 0 Å². The van der Waals surface area contributed by atoms with Crippen LogP contribution in [0.3, 0.4) is 0 Å². The van der Waals surface area contributed by atoms with Gasteiger partial charge in [0.25, 0.3) is 0 Å². The van der Waals surface area contributed by atoms with Gasteiger partial charge in [-0.15, -0.1) is 5.10 Å². The summed E-state index contributed by atoms with van der Waals surface area (Å²) in [6.45, 7) is 5.56. The maximum absolute atomic E-state index is 11.5. The van der Waals surface area contributed by atoms with Crippen LogP contribution in [0.1, 0.15) is 28.9 Å². The smallest absolute Gasteiger partial charge is 0.358 e. The molecule has 0 bridgehead atoms. The number of hydrogen-bond donors (Lipinski definition) is 2. The third-order valence-electron chi connectivity index (χ3n) is 4.32. The normalized spacial score (nSPS) is 15.2. The molecule has 1 fully saturated rings. The first-order valence-corrected chi connectivity index (χ1v) is 7.82. The number of nitrogens with two attached hydrogens (primary N) is 1. The quantitative estimate of drug-likeness (QED) is 0.814. The molecule has 7 heteroatoms. The second kappa shape index (κ2) is 6.37. The highest BCUT2D eigenvalue weighted by Crippen LogP contribution is 2.26. The number of aromatic nitrogens is 3. The molecule has 0 saturated carbocycles. The summed E-state index contributed by atoms with van der Waals surface area (Å²) in [5.41, 5.74) is 8.78. The van der Waals surface area contributed by atoms with Gasteiger partial charge in [-0.1, -0.05) is 17.3 Å². The summed E-state index contributed by atoms with van der Waals surface area (Å²) in [7, 11) is 0. The van der Waals surface area contributed by atoms with Crippen molar-refractivity contribution in [2.24, 2.45) is 0 Å². The summed E-state index contributed by atoms with van der Waals surface area (Å²) in [6, 6.07) is 5.53. The van der Waals surface area contributed by atoms with E-state index < -0.39 is 5.97 Å². The average molecular weight is 315 g/mol. The first-order valence-electron chi connectivity index (χ1n) is 7.82. The van der Waals surface area contributed by atoms with Gasteiger partial charge in [-0.25, -0.2) is 9.48 Å². The second-order valence-corrected chi connectivity index (χ2v) is 5.94. The molecule has 1 aliphatic rings. The van der Waals surface area contributed by atoms with E-state index in [1.54, 1.807) is 10.7 Å². The Bertz CT molecular complexity index is 719. The predicted molar refractivity (Wildman–Crippen MR) is 87.2 cm³/mol. The molecule has 1 aromatic heterocycles. The van der Waals surface area contributed by atoms with E-state index in [4.69, 9.17) is 5.73 Å². The van der Waals surface area contributed by atoms with Gasteiger partial charge in [0, 0.05) is 17.8 Å². The molecule has 3 N–H and O–H groups in total. The zero-order chi connectivity index (χ0) is 16.4. The lowest BCUT2D eigenvalue weighted by molar-refractivity contribution is 0.0691. The van der Waals surface area contributed by atoms with Gasteiger partial charge in [-0.05, 0) is 44.5 Å². The number of nitrogens with zero attached hydrogens (tertiary/aromatic N) is 4. The first-order chi connectivity index (χ1) is 11.1. The highest BCUT2D eigenvalue weighted by molar-refractivity contribution is 5.93. The minimum atomic E-state index is -1.08. The van der Waals surface area contributed by atoms with Gasteiger partial charge in [0.2, 0.25) is 0 Å². The Kier molecular flexibility index (Phi) is 4.29. The van der Waals surface area contributed by atoms with E-state index in [9.17, 15) is 9.90 Å². The van der Waals surface area contributed by atoms with Gasteiger partial charge < -0.3 is 15.7 Å². The molecule has 122 valence electrons. The first kappa shape index (κ1) is 15.5. The van der Waals surface area contributed by atoms with Gasteiger partial charge >= 0.3 is 5.97 Å². The molecule has 1 saturated heterocycles. The van der Waals surface area contributed by atoms with Crippen LogP contribution < -0.4 is 5.73 Å². The van der Waals surface area contributed by atoms with E-state index in [-0.39, 0.29) is 5.69 Å². The topological polar surface area (TPSA) is 97.3 Å². The molecule has 3 rings (SSSR count). The lowest BCUT2D eigenvalue weighted by Crippen LogP contribution is -2.24. The number of carbonyl (C=O) groups is 1. The summed E-state index contributed by atoms with van der Waals surface area (Å²) in [4.78, 5) is 13.8. The second-order valence-electron chi connectivity index (χ2n) is 5.94. The summed E-state index contributed by atoms with van der Waals surface area (Å²) in [5, 5.41) is 17.3. The molecular formula is C16H21N5O2. The number of likely N-dealkylation sites (tertiary alicyclic amines) is 1. The van der Waals surface area contributed by atoms with Crippen LogP contribution >= 0.6 is 0 Å². The number of hydrogen-bond acceptors (Lipinski definition) is 5. The molecular weight excluding hydrogens is 294 g/mol. The van der Waals surface area contributed by atoms with Crippen molar-refractivity contribution in [2.75, 3.05) is 25.4 Å². The fourth-order valence-corrected chi connectivity index (χ4v) is 2.93. The van der Waals surface area contributed by atoms with Crippen molar-refractivity contribution >= 4 is 11.7 Å². The van der Waals surface area contributed by atoms with Gasteiger partial charge in [-0.2, -0.15) is 0 Å². The van der Waals surface area contributed by atoms with Crippen LogP contribution in [0, 0.1) is 6.92 Å². The molecule has 0 aliphatic carbocycles. The molecule has 0 radical (unpaired) electrons. The molecule has 0 spiro atoms. The Morgan fingerprint density at radius 3 is 2.70 bits per heavy atom. The molecule has 2 heterocycles. The van der Waals surface area contributed by atoms with Crippen LogP contribution in [-0.2, 0) is 6.54 Å². The maximum Gasteiger partial charge on any atom is 0.358 e. The number of rotatable bonds is 5. The Balaban J connectivity index is 1.93. The molecule has 1 aromatic carbocycles. The zero-order valence-corrected chi connectivity index (χ0v) is 13.2. The fraction of sp³-hybridized carbons (Fsp3) is 0.438. The number of benzene rings is 1. The lowest BCUT2D eigenvalue weighted by Gasteiger charge is -2.15. The van der Waals surface area contributed by atoms with Gasteiger partial charge in [0.05, 0.1) is 6.54 Å². The molecule has 0 amide bonds. The third kappa shape index (κ3) is 3.19. The number of carboxylic acid groups (broad SMARTS) is 1. The molecule has 1 aliphatic heterocycles. The minimum Gasteiger partial charge on any atom is -0.476 e. The molecule has 23 heavy (non-hydrogen) atoms. The minimum absolute atomic E-state index is 0.0327. The van der Waals surface area contributed by atoms with Crippen LogP contribution in [0.2, 0.25) is 0 Å². The molecule has 2 aromatic rings. The lowest BCUT2D eigenvalue weighted by atomic mass is 10.1. The highest BCUT2D eigenvalue weighted by atomic mass is 16.4. The Morgan fingerprint density at radius 2 is 2.04 bits per heavy atom. The predicted octanol–water partition coefficient (Wildman–Crippen LogP) is 1.63. The van der Waals surface area contributed by atoms with Gasteiger partial charge in [-0.3, -0.25) is 0 Å². The van der Waals surface area contributed by atoms with E-state index in [0.717, 1.165) is 30.8 Å². The van der Waals surface area contributed by atoms with E-state index in [2.05, 4.69) is 15.2 Å². The average Bonchev–Trinajstić information content (AvgIpc) is 3.16. The van der Waals surface area contributed by atoms with Crippen molar-refractivity contribution < 1.29 is 9.90 Å². The zero-order valence-electron chi connectivity index (χ0n) is 13.2. The number of nitrogen functional groups attached to an aromatic ring is 1. The van der Waals surface area contributed by atoms with Crippen LogP contribution in [-0.4, -0.2) is 50.6 Å². The van der Waals surface area contributed by atoms with Crippen LogP contribution in [0.25, 0.3) is 11.3 Å². The molecule has 0 atom stereocenters. The SMILES string of the molecule is Cc1ccc(-c2c(C(=O)O)nnn2CCN2CCCC2)cc1N. The van der Waals surface area contributed by atoms with E-state index >= 15 is 0 Å². The van der Waals surface area contributed by atoms with E-state index in [1.165, 1.54) is 12.8 Å². The van der Waals surface area contributed by atoms with Crippen LogP contribution in [0.5, 0.6) is 0 Å². The Labute approximate surface area is 134 Å². The number of aromatic carboxylic acids is 1.